The highest BCUT2D eigenvalue weighted by Gasteiger charge is 2.21. The first kappa shape index (κ1) is 23.8. The first-order valence-corrected chi connectivity index (χ1v) is 12.7. The SMILES string of the molecule is Cc1cccc(N2CCN(C(=O)CCCn3c(=O)cc(Nc4ccc5c(c4)CCC5)[nH]c3=O)CC2)n1. The number of nitrogens with zero attached hydrogens (tertiary/aromatic N) is 4. The van der Waals surface area contributed by atoms with Gasteiger partial charge in [0.25, 0.3) is 5.56 Å². The number of carbonyl (C=O) groups excluding carboxylic acids is 1. The Balaban J connectivity index is 1.12. The van der Waals surface area contributed by atoms with Crippen LogP contribution in [0.25, 0.3) is 0 Å². The van der Waals surface area contributed by atoms with Crippen molar-refractivity contribution in [3.8, 4) is 0 Å². The lowest BCUT2D eigenvalue weighted by atomic mass is 10.1. The number of pyridine rings is 1. The average Bonchev–Trinajstić information content (AvgIpc) is 3.34. The summed E-state index contributed by atoms with van der Waals surface area (Å²) in [6.45, 7) is 4.92. The van der Waals surface area contributed by atoms with Gasteiger partial charge in [-0.2, -0.15) is 0 Å². The van der Waals surface area contributed by atoms with E-state index in [1.165, 1.54) is 17.2 Å². The van der Waals surface area contributed by atoms with Crippen molar-refractivity contribution in [2.45, 2.75) is 45.6 Å². The predicted octanol–water partition coefficient (Wildman–Crippen LogP) is 2.60. The summed E-state index contributed by atoms with van der Waals surface area (Å²) < 4.78 is 1.16. The largest absolute Gasteiger partial charge is 0.353 e. The third-order valence-electron chi connectivity index (χ3n) is 7.00. The molecule has 0 radical (unpaired) electrons. The van der Waals surface area contributed by atoms with Crippen LogP contribution in [0.5, 0.6) is 0 Å². The Morgan fingerprint density at radius 3 is 2.61 bits per heavy atom. The van der Waals surface area contributed by atoms with E-state index >= 15 is 0 Å². The molecule has 2 aliphatic rings. The molecule has 1 aliphatic heterocycles. The van der Waals surface area contributed by atoms with Gasteiger partial charge in [-0.15, -0.1) is 0 Å². The standard InChI is InChI=1S/C27H32N6O3/c1-19-5-2-8-24(28-19)31-13-15-32(16-14-31)25(34)9-4-12-33-26(35)18-23(30-27(33)36)29-22-11-10-20-6-3-7-21(20)17-22/h2,5,8,10-11,17-18,29H,3-4,6-7,9,12-16H2,1H3,(H,30,36). The number of piperazine rings is 1. The molecule has 2 aromatic heterocycles. The number of hydrogen-bond acceptors (Lipinski definition) is 6. The number of nitrogens with one attached hydrogen (secondary N) is 2. The number of amides is 1. The summed E-state index contributed by atoms with van der Waals surface area (Å²) in [5.41, 5.74) is 3.65. The Labute approximate surface area is 209 Å². The summed E-state index contributed by atoms with van der Waals surface area (Å²) in [6.07, 6.45) is 4.05. The molecule has 0 spiro atoms. The number of carbonyl (C=O) groups is 1. The minimum atomic E-state index is -0.474. The lowest BCUT2D eigenvalue weighted by Gasteiger charge is -2.35. The Hall–Kier alpha value is -3.88. The molecule has 0 atom stereocenters. The molecule has 3 aromatic rings. The summed E-state index contributed by atoms with van der Waals surface area (Å²) in [6, 6.07) is 13.5. The van der Waals surface area contributed by atoms with Crippen molar-refractivity contribution in [1.82, 2.24) is 19.4 Å². The number of benzene rings is 1. The van der Waals surface area contributed by atoms with Gasteiger partial charge < -0.3 is 15.1 Å². The van der Waals surface area contributed by atoms with Crippen molar-refractivity contribution >= 4 is 23.2 Å². The van der Waals surface area contributed by atoms with Crippen molar-refractivity contribution in [2.24, 2.45) is 0 Å². The average molecular weight is 489 g/mol. The van der Waals surface area contributed by atoms with E-state index in [2.05, 4.69) is 32.3 Å². The molecule has 1 amide bonds. The van der Waals surface area contributed by atoms with E-state index < -0.39 is 5.69 Å². The normalized spacial score (nSPS) is 15.1. The number of aromatic nitrogens is 3. The zero-order valence-corrected chi connectivity index (χ0v) is 20.6. The molecule has 9 heteroatoms. The van der Waals surface area contributed by atoms with Crippen LogP contribution in [0.2, 0.25) is 0 Å². The van der Waals surface area contributed by atoms with Crippen molar-refractivity contribution in [3.63, 3.8) is 0 Å². The maximum atomic E-state index is 12.7. The third kappa shape index (κ3) is 5.35. The maximum Gasteiger partial charge on any atom is 0.329 e. The first-order valence-electron chi connectivity index (χ1n) is 12.7. The Kier molecular flexibility index (Phi) is 6.88. The molecule has 3 heterocycles. The van der Waals surface area contributed by atoms with Crippen LogP contribution >= 0.6 is 0 Å². The Bertz CT molecular complexity index is 1340. The van der Waals surface area contributed by atoms with Crippen LogP contribution in [0.15, 0.2) is 52.1 Å². The Morgan fingerprint density at radius 1 is 1.03 bits per heavy atom. The molecule has 1 aliphatic carbocycles. The molecule has 0 unspecified atom stereocenters. The van der Waals surface area contributed by atoms with E-state index in [9.17, 15) is 14.4 Å². The lowest BCUT2D eigenvalue weighted by molar-refractivity contribution is -0.131. The summed E-state index contributed by atoms with van der Waals surface area (Å²) in [5.74, 6) is 1.36. The van der Waals surface area contributed by atoms with E-state index in [4.69, 9.17) is 0 Å². The van der Waals surface area contributed by atoms with Crippen LogP contribution in [0.3, 0.4) is 0 Å². The number of rotatable bonds is 7. The van der Waals surface area contributed by atoms with Crippen LogP contribution in [-0.4, -0.2) is 51.5 Å². The second-order valence-electron chi connectivity index (χ2n) is 9.55. The number of hydrogen-bond donors (Lipinski definition) is 2. The fourth-order valence-corrected chi connectivity index (χ4v) is 5.04. The summed E-state index contributed by atoms with van der Waals surface area (Å²) >= 11 is 0. The van der Waals surface area contributed by atoms with Gasteiger partial charge in [-0.3, -0.25) is 19.1 Å². The van der Waals surface area contributed by atoms with E-state index in [1.54, 1.807) is 0 Å². The smallest absolute Gasteiger partial charge is 0.329 e. The molecule has 36 heavy (non-hydrogen) atoms. The van der Waals surface area contributed by atoms with Gasteiger partial charge in [0.1, 0.15) is 11.6 Å². The van der Waals surface area contributed by atoms with E-state index in [0.29, 0.717) is 31.7 Å². The van der Waals surface area contributed by atoms with E-state index in [-0.39, 0.29) is 18.0 Å². The maximum absolute atomic E-state index is 12.7. The summed E-state index contributed by atoms with van der Waals surface area (Å²) in [7, 11) is 0. The number of aromatic amines is 1. The summed E-state index contributed by atoms with van der Waals surface area (Å²) in [5, 5.41) is 3.14. The van der Waals surface area contributed by atoms with Crippen molar-refractivity contribution in [1.29, 1.82) is 0 Å². The number of H-pyrrole nitrogens is 1. The molecule has 5 rings (SSSR count). The third-order valence-corrected chi connectivity index (χ3v) is 7.00. The van der Waals surface area contributed by atoms with Gasteiger partial charge in [0.15, 0.2) is 0 Å². The van der Waals surface area contributed by atoms with Gasteiger partial charge in [0.2, 0.25) is 5.91 Å². The number of fused-ring (bicyclic) bond motifs is 1. The summed E-state index contributed by atoms with van der Waals surface area (Å²) in [4.78, 5) is 49.2. The lowest BCUT2D eigenvalue weighted by Crippen LogP contribution is -2.49. The van der Waals surface area contributed by atoms with Crippen molar-refractivity contribution < 1.29 is 4.79 Å². The second kappa shape index (κ2) is 10.4. The van der Waals surface area contributed by atoms with E-state index in [0.717, 1.165) is 54.1 Å². The van der Waals surface area contributed by atoms with Crippen LogP contribution in [-0.2, 0) is 24.2 Å². The minimum Gasteiger partial charge on any atom is -0.353 e. The van der Waals surface area contributed by atoms with Crippen LogP contribution in [0.4, 0.5) is 17.3 Å². The Morgan fingerprint density at radius 2 is 1.83 bits per heavy atom. The van der Waals surface area contributed by atoms with Crippen LogP contribution in [0, 0.1) is 6.92 Å². The van der Waals surface area contributed by atoms with Gasteiger partial charge in [0.05, 0.1) is 0 Å². The topological polar surface area (TPSA) is 103 Å². The zero-order valence-electron chi connectivity index (χ0n) is 20.6. The molecular weight excluding hydrogens is 456 g/mol. The number of aryl methyl sites for hydroxylation is 3. The van der Waals surface area contributed by atoms with Gasteiger partial charge in [-0.05, 0) is 68.0 Å². The molecule has 188 valence electrons. The molecule has 9 nitrogen and oxygen atoms in total. The van der Waals surface area contributed by atoms with Crippen LogP contribution < -0.4 is 21.5 Å². The molecule has 1 saturated heterocycles. The first-order chi connectivity index (χ1) is 17.5. The second-order valence-corrected chi connectivity index (χ2v) is 9.55. The minimum absolute atomic E-state index is 0.0474. The monoisotopic (exact) mass is 488 g/mol. The molecule has 1 fully saturated rings. The fourth-order valence-electron chi connectivity index (χ4n) is 5.04. The molecule has 2 N–H and O–H groups in total. The van der Waals surface area contributed by atoms with Gasteiger partial charge >= 0.3 is 5.69 Å². The zero-order chi connectivity index (χ0) is 25.1. The van der Waals surface area contributed by atoms with Gasteiger partial charge in [-0.25, -0.2) is 9.78 Å². The molecular formula is C27H32N6O3. The quantitative estimate of drug-likeness (QED) is 0.530. The van der Waals surface area contributed by atoms with Crippen molar-refractivity contribution in [2.75, 3.05) is 36.4 Å². The number of anilines is 3. The molecule has 0 bridgehead atoms. The predicted molar refractivity (Wildman–Crippen MR) is 140 cm³/mol. The van der Waals surface area contributed by atoms with Gasteiger partial charge in [-0.1, -0.05) is 12.1 Å². The van der Waals surface area contributed by atoms with E-state index in [1.807, 2.05) is 36.1 Å². The van der Waals surface area contributed by atoms with Crippen molar-refractivity contribution in [3.05, 3.63) is 80.1 Å². The highest BCUT2D eigenvalue weighted by molar-refractivity contribution is 5.76. The van der Waals surface area contributed by atoms with Gasteiger partial charge in [0, 0.05) is 56.6 Å². The highest BCUT2D eigenvalue weighted by atomic mass is 16.2. The fraction of sp³-hybridized carbons (Fsp3) is 0.407. The highest BCUT2D eigenvalue weighted by Crippen LogP contribution is 2.26. The molecule has 0 saturated carbocycles. The molecule has 1 aromatic carbocycles. The van der Waals surface area contributed by atoms with Crippen LogP contribution in [0.1, 0.15) is 36.1 Å².